The van der Waals surface area contributed by atoms with Crippen LogP contribution in [0.15, 0.2) is 41.1 Å². The zero-order valence-electron chi connectivity index (χ0n) is 9.46. The number of hydrogen-bond acceptors (Lipinski definition) is 2. The maximum atomic E-state index is 6.13. The molecule has 2 nitrogen and oxygen atoms in total. The summed E-state index contributed by atoms with van der Waals surface area (Å²) in [5.41, 5.74) is 2.00. The van der Waals surface area contributed by atoms with Crippen molar-refractivity contribution >= 4 is 44.8 Å². The lowest BCUT2D eigenvalue weighted by Gasteiger charge is -2.10. The molecule has 2 aromatic rings. The lowest BCUT2D eigenvalue weighted by atomic mass is 10.2. The molecule has 0 aliphatic rings. The summed E-state index contributed by atoms with van der Waals surface area (Å²) in [5, 5.41) is 4.48. The van der Waals surface area contributed by atoms with E-state index < -0.39 is 0 Å². The summed E-state index contributed by atoms with van der Waals surface area (Å²) >= 11 is 15.6. The Morgan fingerprint density at radius 1 is 1.11 bits per heavy atom. The summed E-state index contributed by atoms with van der Waals surface area (Å²) in [6.07, 6.45) is 4.47. The van der Waals surface area contributed by atoms with Crippen molar-refractivity contribution in [2.24, 2.45) is 0 Å². The average molecular weight is 346 g/mol. The van der Waals surface area contributed by atoms with Crippen LogP contribution in [0.2, 0.25) is 10.0 Å². The molecule has 0 spiro atoms. The molecule has 0 saturated heterocycles. The van der Waals surface area contributed by atoms with Crippen molar-refractivity contribution < 1.29 is 0 Å². The molecule has 0 amide bonds. The Morgan fingerprint density at radius 2 is 1.72 bits per heavy atom. The maximum absolute atomic E-state index is 6.13. The fourth-order valence-electron chi connectivity index (χ4n) is 1.59. The monoisotopic (exact) mass is 344 g/mol. The normalized spacial score (nSPS) is 10.4. The van der Waals surface area contributed by atoms with Crippen molar-refractivity contribution in [3.8, 4) is 0 Å². The lowest BCUT2D eigenvalue weighted by Crippen LogP contribution is -2.05. The van der Waals surface area contributed by atoms with Crippen molar-refractivity contribution in [2.45, 2.75) is 6.42 Å². The van der Waals surface area contributed by atoms with Crippen LogP contribution in [0.3, 0.4) is 0 Å². The van der Waals surface area contributed by atoms with E-state index in [0.29, 0.717) is 10.0 Å². The quantitative estimate of drug-likeness (QED) is 0.860. The van der Waals surface area contributed by atoms with Crippen LogP contribution in [0.25, 0.3) is 0 Å². The van der Waals surface area contributed by atoms with Gasteiger partial charge in [0.1, 0.15) is 0 Å². The van der Waals surface area contributed by atoms with E-state index in [1.54, 1.807) is 12.4 Å². The van der Waals surface area contributed by atoms with Gasteiger partial charge in [0.05, 0.1) is 15.7 Å². The molecule has 0 aliphatic heterocycles. The van der Waals surface area contributed by atoms with Gasteiger partial charge in [-0.05, 0) is 36.2 Å². The number of nitrogens with one attached hydrogen (secondary N) is 1. The van der Waals surface area contributed by atoms with Crippen LogP contribution in [0.4, 0.5) is 5.69 Å². The van der Waals surface area contributed by atoms with E-state index in [4.69, 9.17) is 23.2 Å². The highest BCUT2D eigenvalue weighted by Crippen LogP contribution is 2.33. The highest BCUT2D eigenvalue weighted by Gasteiger charge is 2.06. The number of aromatic nitrogens is 1. The first-order valence-corrected chi connectivity index (χ1v) is 6.99. The number of hydrogen-bond donors (Lipinski definition) is 1. The molecule has 0 aliphatic carbocycles. The molecular formula is C13H11BrCl2N2. The molecule has 0 saturated carbocycles. The predicted octanol–water partition coefficient (Wildman–Crippen LogP) is 4.81. The number of anilines is 1. The molecule has 1 aromatic heterocycles. The molecule has 0 bridgehead atoms. The Kier molecular flexibility index (Phi) is 4.87. The fraction of sp³-hybridized carbons (Fsp3) is 0.154. The van der Waals surface area contributed by atoms with E-state index in [-0.39, 0.29) is 0 Å². The molecule has 1 heterocycles. The summed E-state index contributed by atoms with van der Waals surface area (Å²) in [7, 11) is 0. The summed E-state index contributed by atoms with van der Waals surface area (Å²) in [6, 6.07) is 7.63. The molecule has 18 heavy (non-hydrogen) atoms. The van der Waals surface area contributed by atoms with Crippen LogP contribution < -0.4 is 5.32 Å². The van der Waals surface area contributed by atoms with Crippen LogP contribution in [0, 0.1) is 0 Å². The molecule has 0 fully saturated rings. The second kappa shape index (κ2) is 6.41. The Hall–Kier alpha value is -0.770. The first kappa shape index (κ1) is 13.7. The van der Waals surface area contributed by atoms with Gasteiger partial charge < -0.3 is 5.32 Å². The van der Waals surface area contributed by atoms with Crippen LogP contribution in [0.1, 0.15) is 5.56 Å². The minimum Gasteiger partial charge on any atom is -0.382 e. The Morgan fingerprint density at radius 3 is 2.33 bits per heavy atom. The van der Waals surface area contributed by atoms with Crippen LogP contribution in [-0.2, 0) is 6.42 Å². The maximum Gasteiger partial charge on any atom is 0.0719 e. The molecule has 0 radical (unpaired) electrons. The van der Waals surface area contributed by atoms with Gasteiger partial charge >= 0.3 is 0 Å². The minimum atomic E-state index is 0.615. The van der Waals surface area contributed by atoms with Gasteiger partial charge in [0.15, 0.2) is 0 Å². The number of pyridine rings is 1. The summed E-state index contributed by atoms with van der Waals surface area (Å²) in [5.74, 6) is 0. The van der Waals surface area contributed by atoms with E-state index in [0.717, 1.165) is 23.1 Å². The second-order valence-electron chi connectivity index (χ2n) is 3.78. The lowest BCUT2D eigenvalue weighted by molar-refractivity contribution is 1.01. The smallest absolute Gasteiger partial charge is 0.0719 e. The average Bonchev–Trinajstić information content (AvgIpc) is 2.34. The molecule has 5 heteroatoms. The highest BCUT2D eigenvalue weighted by molar-refractivity contribution is 9.10. The summed E-state index contributed by atoms with van der Waals surface area (Å²) < 4.78 is 0.872. The zero-order valence-corrected chi connectivity index (χ0v) is 12.6. The minimum absolute atomic E-state index is 0.615. The van der Waals surface area contributed by atoms with Gasteiger partial charge in [-0.3, -0.25) is 4.98 Å². The van der Waals surface area contributed by atoms with Crippen LogP contribution >= 0.6 is 39.1 Å². The molecular weight excluding hydrogens is 335 g/mol. The predicted molar refractivity (Wildman–Crippen MR) is 80.6 cm³/mol. The third-order valence-electron chi connectivity index (χ3n) is 2.47. The largest absolute Gasteiger partial charge is 0.382 e. The molecule has 0 unspecified atom stereocenters. The van der Waals surface area contributed by atoms with Gasteiger partial charge in [-0.2, -0.15) is 0 Å². The molecule has 0 atom stereocenters. The van der Waals surface area contributed by atoms with Crippen molar-refractivity contribution in [3.05, 3.63) is 56.7 Å². The van der Waals surface area contributed by atoms with Crippen molar-refractivity contribution in [2.75, 3.05) is 11.9 Å². The topological polar surface area (TPSA) is 24.9 Å². The summed E-state index contributed by atoms with van der Waals surface area (Å²) in [6.45, 7) is 0.769. The SMILES string of the molecule is Clc1cc(Br)cc(Cl)c1NCCc1ccncc1. The van der Waals surface area contributed by atoms with Gasteiger partial charge in [0.2, 0.25) is 0 Å². The fourth-order valence-corrected chi connectivity index (χ4v) is 2.93. The van der Waals surface area contributed by atoms with Crippen molar-refractivity contribution in [1.29, 1.82) is 0 Å². The third kappa shape index (κ3) is 3.61. The first-order valence-electron chi connectivity index (χ1n) is 5.44. The van der Waals surface area contributed by atoms with Crippen LogP contribution in [0.5, 0.6) is 0 Å². The number of halogens is 3. The van der Waals surface area contributed by atoms with E-state index >= 15 is 0 Å². The van der Waals surface area contributed by atoms with E-state index in [1.165, 1.54) is 5.56 Å². The highest BCUT2D eigenvalue weighted by atomic mass is 79.9. The Bertz CT molecular complexity index is 509. The Labute approximate surface area is 124 Å². The van der Waals surface area contributed by atoms with Crippen molar-refractivity contribution in [1.82, 2.24) is 4.98 Å². The number of nitrogens with zero attached hydrogens (tertiary/aromatic N) is 1. The molecule has 94 valence electrons. The first-order chi connectivity index (χ1) is 8.66. The summed E-state index contributed by atoms with van der Waals surface area (Å²) in [4.78, 5) is 3.98. The van der Waals surface area contributed by atoms with E-state index in [9.17, 15) is 0 Å². The van der Waals surface area contributed by atoms with Gasteiger partial charge in [-0.25, -0.2) is 0 Å². The van der Waals surface area contributed by atoms with Gasteiger partial charge in [0.25, 0.3) is 0 Å². The zero-order chi connectivity index (χ0) is 13.0. The number of rotatable bonds is 4. The van der Waals surface area contributed by atoms with Gasteiger partial charge in [-0.15, -0.1) is 0 Å². The standard InChI is InChI=1S/C13H11BrCl2N2/c14-10-7-11(15)13(12(16)8-10)18-6-3-9-1-4-17-5-2-9/h1-2,4-5,7-8,18H,3,6H2. The van der Waals surface area contributed by atoms with E-state index in [2.05, 4.69) is 26.2 Å². The molecule has 2 rings (SSSR count). The van der Waals surface area contributed by atoms with E-state index in [1.807, 2.05) is 24.3 Å². The van der Waals surface area contributed by atoms with Crippen molar-refractivity contribution in [3.63, 3.8) is 0 Å². The van der Waals surface area contributed by atoms with Gasteiger partial charge in [0, 0.05) is 23.4 Å². The Balaban J connectivity index is 1.99. The molecule has 1 aromatic carbocycles. The molecule has 1 N–H and O–H groups in total. The number of benzene rings is 1. The second-order valence-corrected chi connectivity index (χ2v) is 5.51. The van der Waals surface area contributed by atoms with Gasteiger partial charge in [-0.1, -0.05) is 39.1 Å². The third-order valence-corrected chi connectivity index (χ3v) is 3.53. The van der Waals surface area contributed by atoms with Crippen LogP contribution in [-0.4, -0.2) is 11.5 Å².